The fraction of sp³-hybridized carbons (Fsp3) is 0.278. The molecular weight excluding hydrogens is 420 g/mol. The van der Waals surface area contributed by atoms with Gasteiger partial charge in [-0.1, -0.05) is 11.6 Å². The Morgan fingerprint density at radius 2 is 1.97 bits per heavy atom. The number of aromatic amines is 1. The molecule has 0 amide bonds. The molecule has 154 valence electrons. The van der Waals surface area contributed by atoms with E-state index in [-0.39, 0.29) is 33.2 Å². The third-order valence-corrected chi connectivity index (χ3v) is 5.94. The van der Waals surface area contributed by atoms with E-state index in [0.717, 1.165) is 16.6 Å². The first-order chi connectivity index (χ1) is 13.5. The number of nitrogens with one attached hydrogen (secondary N) is 1. The van der Waals surface area contributed by atoms with Crippen molar-refractivity contribution < 1.29 is 18.0 Å². The zero-order valence-electron chi connectivity index (χ0n) is 16.2. The van der Waals surface area contributed by atoms with Gasteiger partial charge in [0.15, 0.2) is 9.84 Å². The fourth-order valence-corrected chi connectivity index (χ4v) is 4.18. The zero-order valence-corrected chi connectivity index (χ0v) is 17.8. The second kappa shape index (κ2) is 7.53. The third-order valence-electron chi connectivity index (χ3n) is 4.33. The first kappa shape index (κ1) is 20.9. The maximum atomic E-state index is 12.8. The summed E-state index contributed by atoms with van der Waals surface area (Å²) in [5, 5.41) is 6.68. The number of sulfone groups is 1. The first-order valence-electron chi connectivity index (χ1n) is 8.47. The van der Waals surface area contributed by atoms with E-state index >= 15 is 0 Å². The number of H-pyrrole nitrogens is 1. The highest BCUT2D eigenvalue weighted by molar-refractivity contribution is 7.90. The van der Waals surface area contributed by atoms with Crippen LogP contribution in [0.4, 0.5) is 0 Å². The van der Waals surface area contributed by atoms with E-state index in [1.165, 1.54) is 30.2 Å². The van der Waals surface area contributed by atoms with E-state index in [2.05, 4.69) is 10.2 Å². The zero-order chi connectivity index (χ0) is 21.5. The Hall–Kier alpha value is -2.85. The van der Waals surface area contributed by atoms with Crippen LogP contribution >= 0.6 is 11.6 Å². The molecule has 3 aromatic rings. The standard InChI is InChI=1S/C18H19ClN4O5S/c1-10-7-11(2)23(21-10)28-9-14-15(29(4,26)27)6-5-12(16(14)19)17(24)13-8-20-22(3)18(13)25/h5-8,20H,9H2,1-4H3. The lowest BCUT2D eigenvalue weighted by atomic mass is 10.0. The Morgan fingerprint density at radius 3 is 2.48 bits per heavy atom. The Balaban J connectivity index is 2.08. The maximum Gasteiger partial charge on any atom is 0.277 e. The van der Waals surface area contributed by atoms with Crippen molar-refractivity contribution >= 4 is 27.2 Å². The van der Waals surface area contributed by atoms with Gasteiger partial charge in [-0.25, -0.2) is 8.42 Å². The minimum absolute atomic E-state index is 0.00253. The molecule has 0 aliphatic rings. The number of carbonyl (C=O) groups is 1. The van der Waals surface area contributed by atoms with Crippen LogP contribution in [0.25, 0.3) is 0 Å². The van der Waals surface area contributed by atoms with E-state index in [1.807, 2.05) is 0 Å². The molecule has 3 rings (SSSR count). The van der Waals surface area contributed by atoms with Crippen LogP contribution in [-0.4, -0.2) is 40.2 Å². The number of nitrogens with zero attached hydrogens (tertiary/aromatic N) is 3. The number of aromatic nitrogens is 4. The topological polar surface area (TPSA) is 116 Å². The van der Waals surface area contributed by atoms with Crippen LogP contribution in [0.15, 0.2) is 34.1 Å². The SMILES string of the molecule is Cc1cc(C)n(OCc2c(S(C)(=O)=O)ccc(C(=O)c3c[nH]n(C)c3=O)c2Cl)n1. The van der Waals surface area contributed by atoms with Crippen LogP contribution in [-0.2, 0) is 23.5 Å². The van der Waals surface area contributed by atoms with Gasteiger partial charge in [0.1, 0.15) is 12.2 Å². The molecule has 1 N–H and O–H groups in total. The summed E-state index contributed by atoms with van der Waals surface area (Å²) < 4.78 is 25.6. The molecule has 0 fully saturated rings. The van der Waals surface area contributed by atoms with E-state index < -0.39 is 21.2 Å². The number of rotatable bonds is 6. The van der Waals surface area contributed by atoms with Crippen LogP contribution in [0.3, 0.4) is 0 Å². The normalized spacial score (nSPS) is 11.6. The average molecular weight is 439 g/mol. The molecule has 9 nitrogen and oxygen atoms in total. The number of aryl methyl sites for hydroxylation is 3. The molecular formula is C18H19ClN4O5S. The molecule has 29 heavy (non-hydrogen) atoms. The van der Waals surface area contributed by atoms with Gasteiger partial charge < -0.3 is 9.94 Å². The van der Waals surface area contributed by atoms with E-state index in [9.17, 15) is 18.0 Å². The second-order valence-electron chi connectivity index (χ2n) is 6.63. The van der Waals surface area contributed by atoms with Crippen molar-refractivity contribution in [3.05, 3.63) is 67.9 Å². The summed E-state index contributed by atoms with van der Waals surface area (Å²) in [5.74, 6) is -0.621. The number of hydrogen-bond acceptors (Lipinski definition) is 6. The molecule has 0 saturated heterocycles. The minimum atomic E-state index is -3.65. The van der Waals surface area contributed by atoms with Gasteiger partial charge in [0.2, 0.25) is 5.78 Å². The van der Waals surface area contributed by atoms with Crippen molar-refractivity contribution in [3.63, 3.8) is 0 Å². The molecule has 0 bridgehead atoms. The molecule has 11 heteroatoms. The Bertz CT molecular complexity index is 1270. The smallest absolute Gasteiger partial charge is 0.277 e. The van der Waals surface area contributed by atoms with Crippen LogP contribution in [0.1, 0.15) is 32.9 Å². The Morgan fingerprint density at radius 1 is 1.28 bits per heavy atom. The highest BCUT2D eigenvalue weighted by atomic mass is 35.5. The van der Waals surface area contributed by atoms with E-state index in [4.69, 9.17) is 16.4 Å². The van der Waals surface area contributed by atoms with Crippen LogP contribution in [0.2, 0.25) is 5.02 Å². The fourth-order valence-electron chi connectivity index (χ4n) is 2.90. The molecule has 1 aromatic carbocycles. The minimum Gasteiger partial charge on any atom is -0.392 e. The van der Waals surface area contributed by atoms with Gasteiger partial charge in [-0.3, -0.25) is 14.3 Å². The number of halogens is 1. The van der Waals surface area contributed by atoms with E-state index in [0.29, 0.717) is 5.69 Å². The third kappa shape index (κ3) is 3.99. The summed E-state index contributed by atoms with van der Waals surface area (Å²) >= 11 is 6.42. The lowest BCUT2D eigenvalue weighted by Crippen LogP contribution is -2.21. The van der Waals surface area contributed by atoms with Crippen molar-refractivity contribution in [2.24, 2.45) is 7.05 Å². The van der Waals surface area contributed by atoms with Gasteiger partial charge in [0.05, 0.1) is 21.3 Å². The van der Waals surface area contributed by atoms with Crippen molar-refractivity contribution in [1.82, 2.24) is 19.7 Å². The summed E-state index contributed by atoms with van der Waals surface area (Å²) in [6.07, 6.45) is 2.31. The lowest BCUT2D eigenvalue weighted by molar-refractivity contribution is 0.0639. The molecule has 0 aliphatic carbocycles. The Kier molecular flexibility index (Phi) is 5.42. The summed E-state index contributed by atoms with van der Waals surface area (Å²) in [6, 6.07) is 4.37. The van der Waals surface area contributed by atoms with Gasteiger partial charge in [-0.2, -0.15) is 0 Å². The van der Waals surface area contributed by atoms with Crippen molar-refractivity contribution in [1.29, 1.82) is 0 Å². The van der Waals surface area contributed by atoms with Crippen molar-refractivity contribution in [3.8, 4) is 0 Å². The molecule has 0 spiro atoms. The monoisotopic (exact) mass is 438 g/mol. The van der Waals surface area contributed by atoms with Gasteiger partial charge in [0.25, 0.3) is 5.56 Å². The van der Waals surface area contributed by atoms with Gasteiger partial charge in [-0.05, 0) is 32.0 Å². The molecule has 0 saturated carbocycles. The quantitative estimate of drug-likeness (QED) is 0.582. The number of hydrogen-bond donors (Lipinski definition) is 1. The van der Waals surface area contributed by atoms with Gasteiger partial charge >= 0.3 is 0 Å². The van der Waals surface area contributed by atoms with Gasteiger partial charge in [-0.15, -0.1) is 9.94 Å². The summed E-state index contributed by atoms with van der Waals surface area (Å²) in [6.45, 7) is 3.33. The number of benzene rings is 1. The maximum absolute atomic E-state index is 12.8. The van der Waals surface area contributed by atoms with Crippen LogP contribution < -0.4 is 10.4 Å². The number of carbonyl (C=O) groups excluding carboxylic acids is 1. The van der Waals surface area contributed by atoms with Crippen molar-refractivity contribution in [2.75, 3.05) is 6.26 Å². The average Bonchev–Trinajstić information content (AvgIpc) is 3.13. The second-order valence-corrected chi connectivity index (χ2v) is 8.99. The predicted molar refractivity (Wildman–Crippen MR) is 106 cm³/mol. The highest BCUT2D eigenvalue weighted by Crippen LogP contribution is 2.29. The summed E-state index contributed by atoms with van der Waals surface area (Å²) in [5.41, 5.74) is 0.931. The summed E-state index contributed by atoms with van der Waals surface area (Å²) in [4.78, 5) is 31.7. The molecule has 0 atom stereocenters. The van der Waals surface area contributed by atoms with Crippen LogP contribution in [0, 0.1) is 13.8 Å². The Labute approximate surface area is 171 Å². The lowest BCUT2D eigenvalue weighted by Gasteiger charge is -2.14. The highest BCUT2D eigenvalue weighted by Gasteiger charge is 2.25. The summed E-state index contributed by atoms with van der Waals surface area (Å²) in [7, 11) is -2.18. The predicted octanol–water partition coefficient (Wildman–Crippen LogP) is 1.44. The first-order valence-corrected chi connectivity index (χ1v) is 10.7. The molecule has 2 heterocycles. The molecule has 0 unspecified atom stereocenters. The van der Waals surface area contributed by atoms with Gasteiger partial charge in [0, 0.05) is 30.6 Å². The van der Waals surface area contributed by atoms with Crippen LogP contribution in [0.5, 0.6) is 0 Å². The van der Waals surface area contributed by atoms with Crippen molar-refractivity contribution in [2.45, 2.75) is 25.3 Å². The largest absolute Gasteiger partial charge is 0.392 e. The molecule has 2 aromatic heterocycles. The molecule has 0 aliphatic heterocycles. The van der Waals surface area contributed by atoms with E-state index in [1.54, 1.807) is 19.9 Å². The number of ketones is 1. The molecule has 0 radical (unpaired) electrons.